The zero-order chi connectivity index (χ0) is 10.6. The molecule has 72 valence electrons. The van der Waals surface area contributed by atoms with E-state index in [4.69, 9.17) is 0 Å². The number of aromatic hydroxyl groups is 1. The number of aryl methyl sites for hydroxylation is 2. The van der Waals surface area contributed by atoms with Gasteiger partial charge in [-0.1, -0.05) is 11.8 Å². The Morgan fingerprint density at radius 3 is 2.43 bits per heavy atom. The molecule has 0 heterocycles. The van der Waals surface area contributed by atoms with E-state index in [-0.39, 0.29) is 12.2 Å². The fourth-order valence-corrected chi connectivity index (χ4v) is 1.32. The van der Waals surface area contributed by atoms with Crippen LogP contribution in [0, 0.1) is 25.7 Å². The first-order chi connectivity index (χ1) is 6.65. The van der Waals surface area contributed by atoms with Crippen LogP contribution < -0.4 is 0 Å². The largest absolute Gasteiger partial charge is 0.508 e. The third kappa shape index (κ3) is 2.37. The van der Waals surface area contributed by atoms with Crippen molar-refractivity contribution in [1.29, 1.82) is 0 Å². The van der Waals surface area contributed by atoms with E-state index in [1.165, 1.54) is 0 Å². The lowest BCUT2D eigenvalue weighted by Crippen LogP contribution is -1.87. The van der Waals surface area contributed by atoms with Gasteiger partial charge in [-0.25, -0.2) is 0 Å². The van der Waals surface area contributed by atoms with Crippen LogP contribution >= 0.6 is 0 Å². The molecular formula is C12H12O2. The zero-order valence-corrected chi connectivity index (χ0v) is 8.29. The molecule has 1 aromatic rings. The van der Waals surface area contributed by atoms with E-state index in [2.05, 4.69) is 11.8 Å². The van der Waals surface area contributed by atoms with Crippen molar-refractivity contribution < 1.29 is 9.90 Å². The molecule has 0 bridgehead atoms. The van der Waals surface area contributed by atoms with Crippen LogP contribution in [-0.2, 0) is 4.79 Å². The first-order valence-electron chi connectivity index (χ1n) is 4.38. The molecular weight excluding hydrogens is 176 g/mol. The van der Waals surface area contributed by atoms with Crippen LogP contribution in [0.4, 0.5) is 0 Å². The number of phenols is 1. The average molecular weight is 188 g/mol. The lowest BCUT2D eigenvalue weighted by Gasteiger charge is -2.03. The molecule has 0 fully saturated rings. The standard InChI is InChI=1S/C12H12O2/c1-9-7-11(14)8-10(2)12(9)5-3-4-6-13/h6-8,14H,4H2,1-2H3. The molecule has 0 atom stereocenters. The van der Waals surface area contributed by atoms with Gasteiger partial charge in [0.2, 0.25) is 0 Å². The molecule has 0 aliphatic rings. The summed E-state index contributed by atoms with van der Waals surface area (Å²) in [5.41, 5.74) is 2.76. The molecule has 1 rings (SSSR count). The summed E-state index contributed by atoms with van der Waals surface area (Å²) >= 11 is 0. The summed E-state index contributed by atoms with van der Waals surface area (Å²) in [6, 6.07) is 3.33. The van der Waals surface area contributed by atoms with Crippen molar-refractivity contribution >= 4 is 6.29 Å². The van der Waals surface area contributed by atoms with E-state index < -0.39 is 0 Å². The van der Waals surface area contributed by atoms with Crippen LogP contribution in [0.3, 0.4) is 0 Å². The van der Waals surface area contributed by atoms with Crippen molar-refractivity contribution in [3.05, 3.63) is 28.8 Å². The molecule has 0 aromatic heterocycles. The highest BCUT2D eigenvalue weighted by atomic mass is 16.3. The highest BCUT2D eigenvalue weighted by Gasteiger charge is 2.01. The summed E-state index contributed by atoms with van der Waals surface area (Å²) in [7, 11) is 0. The smallest absolute Gasteiger partial charge is 0.131 e. The molecule has 0 radical (unpaired) electrons. The van der Waals surface area contributed by atoms with Gasteiger partial charge in [0, 0.05) is 5.56 Å². The first kappa shape index (κ1) is 10.3. The SMILES string of the molecule is Cc1cc(O)cc(C)c1C#CCC=O. The Hall–Kier alpha value is -1.75. The molecule has 0 saturated carbocycles. The monoisotopic (exact) mass is 188 g/mol. The zero-order valence-electron chi connectivity index (χ0n) is 8.29. The van der Waals surface area contributed by atoms with Gasteiger partial charge in [0.15, 0.2) is 0 Å². The van der Waals surface area contributed by atoms with Gasteiger partial charge >= 0.3 is 0 Å². The Bertz CT molecular complexity index is 385. The van der Waals surface area contributed by atoms with Crippen molar-refractivity contribution in [2.24, 2.45) is 0 Å². The number of carbonyl (C=O) groups excluding carboxylic acids is 1. The summed E-state index contributed by atoms with van der Waals surface area (Å²) in [5, 5.41) is 9.29. The molecule has 0 unspecified atom stereocenters. The van der Waals surface area contributed by atoms with Crippen molar-refractivity contribution in [2.45, 2.75) is 20.3 Å². The van der Waals surface area contributed by atoms with Crippen LogP contribution in [-0.4, -0.2) is 11.4 Å². The van der Waals surface area contributed by atoms with E-state index in [0.29, 0.717) is 0 Å². The predicted molar refractivity (Wildman–Crippen MR) is 55.1 cm³/mol. The van der Waals surface area contributed by atoms with Gasteiger partial charge < -0.3 is 9.90 Å². The van der Waals surface area contributed by atoms with Gasteiger partial charge in [0.25, 0.3) is 0 Å². The number of aldehydes is 1. The lowest BCUT2D eigenvalue weighted by atomic mass is 10.0. The fourth-order valence-electron chi connectivity index (χ4n) is 1.32. The Morgan fingerprint density at radius 2 is 1.93 bits per heavy atom. The molecule has 0 amide bonds. The topological polar surface area (TPSA) is 37.3 Å². The second-order valence-electron chi connectivity index (χ2n) is 3.13. The minimum atomic E-state index is 0.250. The summed E-state index contributed by atoms with van der Waals surface area (Å²) in [4.78, 5) is 10.1. The molecule has 1 aromatic carbocycles. The molecule has 14 heavy (non-hydrogen) atoms. The summed E-state index contributed by atoms with van der Waals surface area (Å²) in [6.45, 7) is 3.77. The van der Waals surface area contributed by atoms with Gasteiger partial charge in [-0.2, -0.15) is 0 Å². The van der Waals surface area contributed by atoms with Gasteiger partial charge in [-0.15, -0.1) is 0 Å². The lowest BCUT2D eigenvalue weighted by molar-refractivity contribution is -0.107. The number of benzene rings is 1. The Balaban J connectivity index is 3.10. The van der Waals surface area contributed by atoms with Crippen molar-refractivity contribution in [2.75, 3.05) is 0 Å². The number of carbonyl (C=O) groups is 1. The van der Waals surface area contributed by atoms with Crippen LogP contribution in [0.2, 0.25) is 0 Å². The van der Waals surface area contributed by atoms with Crippen molar-refractivity contribution in [1.82, 2.24) is 0 Å². The molecule has 0 spiro atoms. The average Bonchev–Trinajstić information content (AvgIpc) is 2.09. The maximum Gasteiger partial charge on any atom is 0.131 e. The van der Waals surface area contributed by atoms with Crippen LogP contribution in [0.5, 0.6) is 5.75 Å². The van der Waals surface area contributed by atoms with E-state index in [1.807, 2.05) is 13.8 Å². The second-order valence-corrected chi connectivity index (χ2v) is 3.13. The Labute approximate surface area is 83.6 Å². The van der Waals surface area contributed by atoms with Gasteiger partial charge in [-0.05, 0) is 37.1 Å². The first-order valence-corrected chi connectivity index (χ1v) is 4.38. The van der Waals surface area contributed by atoms with Crippen LogP contribution in [0.1, 0.15) is 23.1 Å². The quantitative estimate of drug-likeness (QED) is 0.540. The number of hydrogen-bond donors (Lipinski definition) is 1. The number of hydrogen-bond acceptors (Lipinski definition) is 2. The van der Waals surface area contributed by atoms with Gasteiger partial charge in [0.1, 0.15) is 12.0 Å². The van der Waals surface area contributed by atoms with Crippen LogP contribution in [0.15, 0.2) is 12.1 Å². The number of phenolic OH excluding ortho intramolecular Hbond substituents is 1. The van der Waals surface area contributed by atoms with Crippen molar-refractivity contribution in [3.63, 3.8) is 0 Å². The molecule has 2 nitrogen and oxygen atoms in total. The van der Waals surface area contributed by atoms with Crippen LogP contribution in [0.25, 0.3) is 0 Å². The Kier molecular flexibility index (Phi) is 3.30. The maximum atomic E-state index is 10.1. The Morgan fingerprint density at radius 1 is 1.36 bits per heavy atom. The van der Waals surface area contributed by atoms with Crippen molar-refractivity contribution in [3.8, 4) is 17.6 Å². The van der Waals surface area contributed by atoms with E-state index in [0.717, 1.165) is 23.0 Å². The molecule has 0 aliphatic heterocycles. The predicted octanol–water partition coefficient (Wildman–Crippen LogP) is 1.95. The fraction of sp³-hybridized carbons (Fsp3) is 0.250. The third-order valence-electron chi connectivity index (χ3n) is 1.92. The highest BCUT2D eigenvalue weighted by Crippen LogP contribution is 2.19. The molecule has 1 N–H and O–H groups in total. The summed E-state index contributed by atoms with van der Waals surface area (Å²) in [5.74, 6) is 5.92. The highest BCUT2D eigenvalue weighted by molar-refractivity contribution is 5.56. The summed E-state index contributed by atoms with van der Waals surface area (Å²) < 4.78 is 0. The molecule has 0 saturated heterocycles. The van der Waals surface area contributed by atoms with E-state index in [1.54, 1.807) is 12.1 Å². The minimum absolute atomic E-state index is 0.250. The second kappa shape index (κ2) is 4.48. The maximum absolute atomic E-state index is 10.1. The third-order valence-corrected chi connectivity index (χ3v) is 1.92. The molecule has 0 aliphatic carbocycles. The van der Waals surface area contributed by atoms with E-state index >= 15 is 0 Å². The van der Waals surface area contributed by atoms with Gasteiger partial charge in [-0.3, -0.25) is 0 Å². The van der Waals surface area contributed by atoms with Gasteiger partial charge in [0.05, 0.1) is 6.42 Å². The van der Waals surface area contributed by atoms with E-state index in [9.17, 15) is 9.90 Å². The molecule has 2 heteroatoms. The number of rotatable bonds is 1. The normalized spacial score (nSPS) is 9.00. The summed E-state index contributed by atoms with van der Waals surface area (Å²) in [6.07, 6.45) is 1.03. The minimum Gasteiger partial charge on any atom is -0.508 e.